The molecule has 3 aromatic carbocycles. The van der Waals surface area contributed by atoms with Crippen molar-refractivity contribution in [3.63, 3.8) is 0 Å². The molecular formula is C36H42F2N8O7S. The summed E-state index contributed by atoms with van der Waals surface area (Å²) >= 11 is 0. The minimum atomic E-state index is -3.67. The van der Waals surface area contributed by atoms with Crippen LogP contribution in [0.25, 0.3) is 5.69 Å². The predicted octanol–water partition coefficient (Wildman–Crippen LogP) is 4.05. The van der Waals surface area contributed by atoms with Crippen molar-refractivity contribution < 1.29 is 36.0 Å². The Morgan fingerprint density at radius 1 is 0.944 bits per heavy atom. The van der Waals surface area contributed by atoms with Gasteiger partial charge in [0, 0.05) is 49.2 Å². The maximum absolute atomic E-state index is 14.9. The predicted molar refractivity (Wildman–Crippen MR) is 196 cm³/mol. The number of piperazine rings is 1. The molecule has 0 aliphatic carbocycles. The first-order chi connectivity index (χ1) is 25.8. The first-order valence-electron chi connectivity index (χ1n) is 17.3. The zero-order valence-corrected chi connectivity index (χ0v) is 30.8. The van der Waals surface area contributed by atoms with Gasteiger partial charge in [-0.25, -0.2) is 32.5 Å². The molecule has 0 amide bonds. The monoisotopic (exact) mass is 768 g/mol. The summed E-state index contributed by atoms with van der Waals surface area (Å²) < 4.78 is 77.3. The van der Waals surface area contributed by atoms with Crippen molar-refractivity contribution in [1.82, 2.24) is 29.1 Å². The summed E-state index contributed by atoms with van der Waals surface area (Å²) in [5.74, 6) is -2.30. The Morgan fingerprint density at radius 2 is 1.56 bits per heavy atom. The molecule has 5 aromatic rings. The maximum atomic E-state index is 14.9. The zero-order chi connectivity index (χ0) is 38.5. The van der Waals surface area contributed by atoms with E-state index in [1.807, 2.05) is 50.2 Å². The number of anilines is 2. The van der Waals surface area contributed by atoms with Gasteiger partial charge < -0.3 is 24.0 Å². The van der Waals surface area contributed by atoms with Crippen LogP contribution in [0.15, 0.2) is 90.5 Å². The summed E-state index contributed by atoms with van der Waals surface area (Å²) in [5.41, 5.74) is 2.95. The second-order valence-electron chi connectivity index (χ2n) is 13.0. The van der Waals surface area contributed by atoms with Gasteiger partial charge in [-0.1, -0.05) is 6.92 Å². The fourth-order valence-electron chi connectivity index (χ4n) is 6.24. The molecular weight excluding hydrogens is 727 g/mol. The third-order valence-electron chi connectivity index (χ3n) is 9.15. The van der Waals surface area contributed by atoms with Crippen LogP contribution in [-0.2, 0) is 31.9 Å². The highest BCUT2D eigenvalue weighted by Gasteiger charge is 2.46. The van der Waals surface area contributed by atoms with Crippen LogP contribution in [0.3, 0.4) is 0 Å². The average molecular weight is 769 g/mol. The second kappa shape index (κ2) is 16.5. The normalized spacial score (nSPS) is 19.3. The van der Waals surface area contributed by atoms with Crippen molar-refractivity contribution in [3.05, 3.63) is 113 Å². The van der Waals surface area contributed by atoms with E-state index in [4.69, 9.17) is 18.8 Å². The highest BCUT2D eigenvalue weighted by molar-refractivity contribution is 7.85. The molecule has 7 rings (SSSR count). The fraction of sp³-hybridized carbons (Fsp3) is 0.389. The third-order valence-corrected chi connectivity index (χ3v) is 9.15. The number of hydrogen-bond acceptors (Lipinski definition) is 11. The van der Waals surface area contributed by atoms with E-state index in [1.54, 1.807) is 10.9 Å². The summed E-state index contributed by atoms with van der Waals surface area (Å²) in [6.45, 7) is 7.80. The SMILES string of the molecule is CCC(C)n1ncn(-c2ccc(N3CCN(c4ccc(OC[C@H]5CO[C@](Cn6cncn6)(c6ccc(F)cc6F)O5)cc4)CC3)cc2)c1=O.CS(=O)(=O)O. The fourth-order valence-corrected chi connectivity index (χ4v) is 6.24. The standard InChI is InChI=1S/C35H38F2N8O4.CH4O3S/c1-3-25(2)45-34(46)44(24-40-45)29-7-5-27(6-8-29)41-14-16-42(17-15-41)28-9-11-30(12-10-28)47-19-31-20-48-35(49-31,21-43-23-38-22-39-43)32-13-4-26(36)18-33(32)37;1-5(2,3)4/h4-13,18,22-25,31H,3,14-17,19-21H2,1-2H3;1H3,(H,2,3,4)/t25?,31-,35-;/m0./s1. The Labute approximate surface area is 311 Å². The Hall–Kier alpha value is -5.17. The minimum Gasteiger partial charge on any atom is -0.491 e. The largest absolute Gasteiger partial charge is 0.491 e. The Morgan fingerprint density at radius 3 is 2.13 bits per heavy atom. The Balaban J connectivity index is 0.000000934. The smallest absolute Gasteiger partial charge is 0.350 e. The van der Waals surface area contributed by atoms with Gasteiger partial charge in [0.05, 0.1) is 24.6 Å². The first kappa shape index (κ1) is 38.6. The molecule has 1 unspecified atom stereocenters. The van der Waals surface area contributed by atoms with Gasteiger partial charge in [0.2, 0.25) is 5.79 Å². The second-order valence-corrected chi connectivity index (χ2v) is 14.5. The lowest BCUT2D eigenvalue weighted by Gasteiger charge is -2.37. The van der Waals surface area contributed by atoms with Crippen LogP contribution in [0.4, 0.5) is 20.2 Å². The summed E-state index contributed by atoms with van der Waals surface area (Å²) in [4.78, 5) is 21.4. The van der Waals surface area contributed by atoms with Crippen molar-refractivity contribution in [2.45, 2.75) is 44.7 Å². The van der Waals surface area contributed by atoms with Crippen LogP contribution >= 0.6 is 0 Å². The molecule has 15 nitrogen and oxygen atoms in total. The van der Waals surface area contributed by atoms with Crippen molar-refractivity contribution in [1.29, 1.82) is 0 Å². The number of aromatic nitrogens is 6. The molecule has 2 aliphatic heterocycles. The minimum absolute atomic E-state index is 0.0334. The Kier molecular flexibility index (Phi) is 11.8. The summed E-state index contributed by atoms with van der Waals surface area (Å²) in [6, 6.07) is 19.3. The molecule has 3 atom stereocenters. The molecule has 2 fully saturated rings. The van der Waals surface area contributed by atoms with E-state index in [-0.39, 0.29) is 37.1 Å². The van der Waals surface area contributed by atoms with E-state index < -0.39 is 33.6 Å². The number of halogens is 2. The van der Waals surface area contributed by atoms with Crippen LogP contribution in [-0.4, -0.2) is 93.8 Å². The van der Waals surface area contributed by atoms with Crippen molar-refractivity contribution in [3.8, 4) is 11.4 Å². The van der Waals surface area contributed by atoms with E-state index in [2.05, 4.69) is 37.1 Å². The third kappa shape index (κ3) is 9.30. The quantitative estimate of drug-likeness (QED) is 0.193. The van der Waals surface area contributed by atoms with E-state index >= 15 is 0 Å². The molecule has 54 heavy (non-hydrogen) atoms. The van der Waals surface area contributed by atoms with Crippen LogP contribution in [0.2, 0.25) is 0 Å². The van der Waals surface area contributed by atoms with Crippen LogP contribution in [0, 0.1) is 11.6 Å². The maximum Gasteiger partial charge on any atom is 0.350 e. The summed E-state index contributed by atoms with van der Waals surface area (Å²) in [5, 5.41) is 8.39. The van der Waals surface area contributed by atoms with Gasteiger partial charge in [0.25, 0.3) is 10.1 Å². The molecule has 2 aromatic heterocycles. The molecule has 1 N–H and O–H groups in total. The van der Waals surface area contributed by atoms with Crippen LogP contribution in [0.5, 0.6) is 5.75 Å². The molecule has 18 heteroatoms. The molecule has 4 heterocycles. The molecule has 0 spiro atoms. The van der Waals surface area contributed by atoms with Gasteiger partial charge in [-0.2, -0.15) is 18.6 Å². The van der Waals surface area contributed by atoms with Crippen LogP contribution < -0.4 is 20.2 Å². The Bertz CT molecular complexity index is 2150. The highest BCUT2D eigenvalue weighted by atomic mass is 32.2. The van der Waals surface area contributed by atoms with Gasteiger partial charge in [-0.05, 0) is 74.0 Å². The van der Waals surface area contributed by atoms with Gasteiger partial charge in [-0.3, -0.25) is 4.55 Å². The highest BCUT2D eigenvalue weighted by Crippen LogP contribution is 2.38. The summed E-state index contributed by atoms with van der Waals surface area (Å²) in [6.07, 6.45) is 5.48. The molecule has 288 valence electrons. The van der Waals surface area contributed by atoms with Crippen molar-refractivity contribution in [2.24, 2.45) is 0 Å². The van der Waals surface area contributed by atoms with Crippen molar-refractivity contribution >= 4 is 21.5 Å². The lowest BCUT2D eigenvalue weighted by molar-refractivity contribution is -0.192. The number of benzene rings is 3. The van der Waals surface area contributed by atoms with E-state index in [0.29, 0.717) is 12.0 Å². The van der Waals surface area contributed by atoms with Gasteiger partial charge in [-0.15, -0.1) is 0 Å². The first-order valence-corrected chi connectivity index (χ1v) is 19.2. The van der Waals surface area contributed by atoms with Crippen molar-refractivity contribution in [2.75, 3.05) is 55.4 Å². The summed E-state index contributed by atoms with van der Waals surface area (Å²) in [7, 11) is -3.67. The lowest BCUT2D eigenvalue weighted by Crippen LogP contribution is -2.46. The molecule has 0 saturated carbocycles. The van der Waals surface area contributed by atoms with E-state index in [0.717, 1.165) is 55.7 Å². The lowest BCUT2D eigenvalue weighted by atomic mass is 10.0. The topological polar surface area (TPSA) is 159 Å². The average Bonchev–Trinajstić information content (AvgIpc) is 3.91. The van der Waals surface area contributed by atoms with Gasteiger partial charge in [0.15, 0.2) is 0 Å². The number of rotatable bonds is 11. The molecule has 0 radical (unpaired) electrons. The van der Waals surface area contributed by atoms with E-state index in [1.165, 1.54) is 34.2 Å². The number of nitrogens with zero attached hydrogens (tertiary/aromatic N) is 8. The van der Waals surface area contributed by atoms with Crippen LogP contribution in [0.1, 0.15) is 31.9 Å². The number of hydrogen-bond donors (Lipinski definition) is 1. The molecule has 0 bridgehead atoms. The van der Waals surface area contributed by atoms with Gasteiger partial charge in [0.1, 0.15) is 55.6 Å². The molecule has 2 saturated heterocycles. The zero-order valence-electron chi connectivity index (χ0n) is 30.0. The molecule has 2 aliphatic rings. The van der Waals surface area contributed by atoms with Gasteiger partial charge >= 0.3 is 5.69 Å². The van der Waals surface area contributed by atoms with E-state index in [9.17, 15) is 22.0 Å². The number of ether oxygens (including phenoxy) is 3.